The molecule has 134 valence electrons. The molecule has 0 amide bonds. The highest BCUT2D eigenvalue weighted by Gasteiger charge is 2.21. The van der Waals surface area contributed by atoms with Crippen LogP contribution in [0.5, 0.6) is 23.0 Å². The number of phenolic OH excluding ortho intramolecular Hbond substituents is 2. The summed E-state index contributed by atoms with van der Waals surface area (Å²) in [5.74, 6) is 1.13. The van der Waals surface area contributed by atoms with Crippen LogP contribution in [-0.4, -0.2) is 24.4 Å². The number of methoxy groups -OCH3 is 2. The van der Waals surface area contributed by atoms with Crippen molar-refractivity contribution in [1.82, 2.24) is 0 Å². The SMILES string of the molecule is COc1cc(-c2ccc(C)cc2)c(OC)c(O)c1-c1ccc(O)c(C)c1. The van der Waals surface area contributed by atoms with Gasteiger partial charge in [0.15, 0.2) is 11.5 Å². The number of ether oxygens (including phenoxy) is 2. The lowest BCUT2D eigenvalue weighted by Crippen LogP contribution is -1.96. The molecule has 0 aliphatic rings. The van der Waals surface area contributed by atoms with Crippen molar-refractivity contribution in [1.29, 1.82) is 0 Å². The van der Waals surface area contributed by atoms with E-state index in [-0.39, 0.29) is 11.5 Å². The van der Waals surface area contributed by atoms with E-state index in [1.807, 2.05) is 37.3 Å². The van der Waals surface area contributed by atoms with Gasteiger partial charge in [0.1, 0.15) is 11.5 Å². The molecule has 0 saturated heterocycles. The first-order chi connectivity index (χ1) is 12.5. The summed E-state index contributed by atoms with van der Waals surface area (Å²) >= 11 is 0. The summed E-state index contributed by atoms with van der Waals surface area (Å²) in [4.78, 5) is 0. The van der Waals surface area contributed by atoms with Gasteiger partial charge in [-0.15, -0.1) is 0 Å². The van der Waals surface area contributed by atoms with Gasteiger partial charge in [-0.1, -0.05) is 35.9 Å². The van der Waals surface area contributed by atoms with E-state index >= 15 is 0 Å². The predicted octanol–water partition coefficient (Wildman–Crippen LogP) is 5.07. The minimum absolute atomic E-state index is 0.00696. The minimum Gasteiger partial charge on any atom is -0.508 e. The van der Waals surface area contributed by atoms with Crippen LogP contribution >= 0.6 is 0 Å². The molecule has 0 heterocycles. The molecule has 3 aromatic carbocycles. The number of benzene rings is 3. The topological polar surface area (TPSA) is 58.9 Å². The van der Waals surface area contributed by atoms with E-state index in [0.717, 1.165) is 22.3 Å². The Bertz CT molecular complexity index is 943. The van der Waals surface area contributed by atoms with Gasteiger partial charge in [-0.05, 0) is 48.7 Å². The summed E-state index contributed by atoms with van der Waals surface area (Å²) in [6.45, 7) is 3.83. The second-order valence-corrected chi connectivity index (χ2v) is 6.25. The van der Waals surface area contributed by atoms with Crippen LogP contribution in [0.4, 0.5) is 0 Å². The summed E-state index contributed by atoms with van der Waals surface area (Å²) in [5.41, 5.74) is 4.81. The molecule has 26 heavy (non-hydrogen) atoms. The van der Waals surface area contributed by atoms with Crippen molar-refractivity contribution in [2.75, 3.05) is 14.2 Å². The van der Waals surface area contributed by atoms with Gasteiger partial charge in [-0.2, -0.15) is 0 Å². The highest BCUT2D eigenvalue weighted by molar-refractivity contribution is 5.87. The lowest BCUT2D eigenvalue weighted by molar-refractivity contribution is 0.369. The smallest absolute Gasteiger partial charge is 0.170 e. The highest BCUT2D eigenvalue weighted by Crippen LogP contribution is 2.49. The maximum absolute atomic E-state index is 10.9. The summed E-state index contributed by atoms with van der Waals surface area (Å²) in [5, 5.41) is 20.7. The van der Waals surface area contributed by atoms with Gasteiger partial charge in [0.2, 0.25) is 0 Å². The van der Waals surface area contributed by atoms with Gasteiger partial charge >= 0.3 is 0 Å². The number of phenols is 2. The maximum atomic E-state index is 10.9. The quantitative estimate of drug-likeness (QED) is 0.690. The van der Waals surface area contributed by atoms with Crippen LogP contribution in [0.15, 0.2) is 48.5 Å². The zero-order chi connectivity index (χ0) is 18.8. The van der Waals surface area contributed by atoms with E-state index in [0.29, 0.717) is 22.6 Å². The molecular weight excluding hydrogens is 328 g/mol. The Morgan fingerprint density at radius 3 is 2.00 bits per heavy atom. The standard InChI is InChI=1S/C22H22O4/c1-13-5-7-15(8-6-13)17-12-19(25-3)20(21(24)22(17)26-4)16-9-10-18(23)14(2)11-16/h5-12,23-24H,1-4H3. The molecular formula is C22H22O4. The van der Waals surface area contributed by atoms with Crippen LogP contribution in [0.3, 0.4) is 0 Å². The molecule has 0 saturated carbocycles. The van der Waals surface area contributed by atoms with Crippen molar-refractivity contribution in [3.63, 3.8) is 0 Å². The molecule has 0 aliphatic carbocycles. The summed E-state index contributed by atoms with van der Waals surface area (Å²) in [6.07, 6.45) is 0. The van der Waals surface area contributed by atoms with Crippen molar-refractivity contribution in [2.24, 2.45) is 0 Å². The van der Waals surface area contributed by atoms with Crippen molar-refractivity contribution < 1.29 is 19.7 Å². The summed E-state index contributed by atoms with van der Waals surface area (Å²) in [7, 11) is 3.10. The Morgan fingerprint density at radius 1 is 0.769 bits per heavy atom. The van der Waals surface area contributed by atoms with Gasteiger partial charge in [0.05, 0.1) is 19.8 Å². The first-order valence-corrected chi connectivity index (χ1v) is 8.31. The van der Waals surface area contributed by atoms with Crippen molar-refractivity contribution in [2.45, 2.75) is 13.8 Å². The van der Waals surface area contributed by atoms with Gasteiger partial charge in [-0.25, -0.2) is 0 Å². The Balaban J connectivity index is 2.27. The minimum atomic E-state index is 0.00696. The molecule has 3 rings (SSSR count). The van der Waals surface area contributed by atoms with Crippen LogP contribution in [-0.2, 0) is 0 Å². The van der Waals surface area contributed by atoms with E-state index in [1.54, 1.807) is 32.2 Å². The summed E-state index contributed by atoms with van der Waals surface area (Å²) in [6, 6.07) is 15.0. The second-order valence-electron chi connectivity index (χ2n) is 6.25. The molecule has 2 N–H and O–H groups in total. The maximum Gasteiger partial charge on any atom is 0.170 e. The monoisotopic (exact) mass is 350 g/mol. The molecule has 0 radical (unpaired) electrons. The van der Waals surface area contributed by atoms with E-state index < -0.39 is 0 Å². The zero-order valence-electron chi connectivity index (χ0n) is 15.3. The van der Waals surface area contributed by atoms with E-state index in [9.17, 15) is 10.2 Å². The Morgan fingerprint density at radius 2 is 1.42 bits per heavy atom. The first-order valence-electron chi connectivity index (χ1n) is 8.31. The van der Waals surface area contributed by atoms with Crippen LogP contribution in [0.1, 0.15) is 11.1 Å². The molecule has 0 spiro atoms. The number of rotatable bonds is 4. The Hall–Kier alpha value is -3.14. The zero-order valence-corrected chi connectivity index (χ0v) is 15.3. The molecule has 0 atom stereocenters. The molecule has 0 bridgehead atoms. The fourth-order valence-corrected chi connectivity index (χ4v) is 3.03. The van der Waals surface area contributed by atoms with Crippen LogP contribution in [0, 0.1) is 13.8 Å². The van der Waals surface area contributed by atoms with E-state index in [4.69, 9.17) is 9.47 Å². The normalized spacial score (nSPS) is 10.6. The number of hydrogen-bond donors (Lipinski definition) is 2. The molecule has 0 unspecified atom stereocenters. The Labute approximate surface area is 153 Å². The molecule has 0 fully saturated rings. The van der Waals surface area contributed by atoms with Crippen molar-refractivity contribution in [3.05, 3.63) is 59.7 Å². The average molecular weight is 350 g/mol. The molecule has 4 heteroatoms. The molecule has 3 aromatic rings. The van der Waals surface area contributed by atoms with Crippen molar-refractivity contribution in [3.8, 4) is 45.3 Å². The first kappa shape index (κ1) is 17.7. The number of hydrogen-bond acceptors (Lipinski definition) is 4. The summed E-state index contributed by atoms with van der Waals surface area (Å²) < 4.78 is 11.1. The predicted molar refractivity (Wildman–Crippen MR) is 103 cm³/mol. The van der Waals surface area contributed by atoms with Gasteiger partial charge < -0.3 is 19.7 Å². The number of aryl methyl sites for hydroxylation is 2. The van der Waals surface area contributed by atoms with E-state index in [1.165, 1.54) is 7.11 Å². The fraction of sp³-hybridized carbons (Fsp3) is 0.182. The van der Waals surface area contributed by atoms with Crippen LogP contribution in [0.25, 0.3) is 22.3 Å². The second kappa shape index (κ2) is 7.00. The molecule has 0 aromatic heterocycles. The van der Waals surface area contributed by atoms with Gasteiger partial charge in [0.25, 0.3) is 0 Å². The lowest BCUT2D eigenvalue weighted by atomic mass is 9.95. The number of aromatic hydroxyl groups is 2. The Kier molecular flexibility index (Phi) is 4.76. The van der Waals surface area contributed by atoms with E-state index in [2.05, 4.69) is 0 Å². The van der Waals surface area contributed by atoms with Crippen LogP contribution in [0.2, 0.25) is 0 Å². The third kappa shape index (κ3) is 3.06. The third-order valence-electron chi connectivity index (χ3n) is 4.49. The fourth-order valence-electron chi connectivity index (χ4n) is 3.03. The molecule has 0 aliphatic heterocycles. The van der Waals surface area contributed by atoms with Gasteiger partial charge in [-0.3, -0.25) is 0 Å². The van der Waals surface area contributed by atoms with Crippen LogP contribution < -0.4 is 9.47 Å². The third-order valence-corrected chi connectivity index (χ3v) is 4.49. The lowest BCUT2D eigenvalue weighted by Gasteiger charge is -2.18. The van der Waals surface area contributed by atoms with Crippen molar-refractivity contribution >= 4 is 0 Å². The van der Waals surface area contributed by atoms with Gasteiger partial charge in [0, 0.05) is 5.56 Å². The molecule has 4 nitrogen and oxygen atoms in total. The largest absolute Gasteiger partial charge is 0.508 e. The highest BCUT2D eigenvalue weighted by atomic mass is 16.5. The average Bonchev–Trinajstić information content (AvgIpc) is 2.64.